The van der Waals surface area contributed by atoms with Crippen molar-refractivity contribution in [2.45, 2.75) is 122 Å². The van der Waals surface area contributed by atoms with Crippen molar-refractivity contribution in [3.63, 3.8) is 0 Å². The Bertz CT molecular complexity index is 4880. The number of piperidine rings is 4. The number of H-pyrrole nitrogens is 1. The number of aromatic nitrogens is 9. The van der Waals surface area contributed by atoms with E-state index < -0.39 is 43.4 Å². The molecule has 0 saturated carbocycles. The number of ether oxygens (including phenoxy) is 10. The molecule has 0 atom stereocenters. The number of alkyl halides is 12. The van der Waals surface area contributed by atoms with Gasteiger partial charge in [-0.3, -0.25) is 0 Å². The van der Waals surface area contributed by atoms with E-state index in [0.717, 1.165) is 49.2 Å². The van der Waals surface area contributed by atoms with E-state index in [4.69, 9.17) is 79.9 Å². The Hall–Kier alpha value is -11.1. The van der Waals surface area contributed by atoms with Crippen molar-refractivity contribution < 1.29 is 125 Å². The predicted molar refractivity (Wildman–Crippen MR) is 411 cm³/mol. The first kappa shape index (κ1) is 91.2. The molecule has 7 heterocycles. The van der Waals surface area contributed by atoms with E-state index in [1.165, 1.54) is 70.0 Å². The molecule has 3 N–H and O–H groups in total. The van der Waals surface area contributed by atoms with Crippen molar-refractivity contribution in [2.75, 3.05) is 92.8 Å². The number of rotatable bonds is 24. The minimum Gasteiger partial charge on any atom is -0.497 e. The van der Waals surface area contributed by atoms with Crippen molar-refractivity contribution in [3.8, 4) is 52.1 Å². The standard InChI is InChI=1S/C25H26ClF3N4O5.C23H22ClF3N4O5.C15H14ClF3N4O4.C13H15ClF3NO/c1-3-36-24(34)22-23(33(31-30-22)15-16-4-6-17(35-2)7-5-16)37-18-10-12-32(13-11-18)21-14-19(8-9-20(21)26)38-25(27,28)29;1-34-15-4-2-14(3-5-15)13-31-21(20(22(32)33)28-29-31)35-16-8-10-30(11-9-16)19-12-17(6-7-18(19)24)36-23(25,26)27;16-10-2-1-9(27-15(17,18)19)7-11(10)23-5-3-8(4-6-23)26-13-12(14(24)25)20-22-21-13;1-9-4-6-18(7-5-9)12-8-10(2-3-11(12)14)19-13(15,16)17/h4-9,14,18H,3,10-13,15H2,1-2H3;2-7,12,16H,8-11,13H2,1H3,(H,32,33);1-2,7-8H,3-6H2,(H,24,25)(H,20,21,22);2-3,8-9H,4-7H2,1H3. The lowest BCUT2D eigenvalue weighted by Gasteiger charge is -2.34. The molecule has 4 fully saturated rings. The number of nitrogens with zero attached hydrogens (tertiary/aromatic N) is 12. The smallest absolute Gasteiger partial charge is 0.497 e. The first-order chi connectivity index (χ1) is 56.9. The summed E-state index contributed by atoms with van der Waals surface area (Å²) >= 11 is 24.7. The highest BCUT2D eigenvalue weighted by Crippen LogP contribution is 2.41. The number of halogens is 16. The fraction of sp³-hybridized carbons (Fsp3) is 0.408. The Morgan fingerprint density at radius 3 is 1.05 bits per heavy atom. The van der Waals surface area contributed by atoms with Gasteiger partial charge in [0.25, 0.3) is 5.88 Å². The van der Waals surface area contributed by atoms with Crippen LogP contribution in [0.25, 0.3) is 0 Å². The molecule has 0 bridgehead atoms. The lowest BCUT2D eigenvalue weighted by molar-refractivity contribution is -0.275. The van der Waals surface area contributed by atoms with Crippen LogP contribution in [0, 0.1) is 5.92 Å². The van der Waals surface area contributed by atoms with Crippen molar-refractivity contribution >= 4 is 87.1 Å². The van der Waals surface area contributed by atoms with Gasteiger partial charge in [0.1, 0.15) is 52.8 Å². The molecular formula is C76H77Cl4F12N13O15. The van der Waals surface area contributed by atoms with E-state index in [1.807, 2.05) is 56.0 Å². The second kappa shape index (κ2) is 40.8. The van der Waals surface area contributed by atoms with E-state index in [-0.39, 0.29) is 89.2 Å². The molecule has 0 radical (unpaired) electrons. The molecule has 0 spiro atoms. The molecule has 0 unspecified atom stereocenters. The Balaban J connectivity index is 0.000000173. The third-order valence-electron chi connectivity index (χ3n) is 18.7. The number of hydrogen-bond donors (Lipinski definition) is 3. The van der Waals surface area contributed by atoms with E-state index in [0.29, 0.717) is 145 Å². The van der Waals surface area contributed by atoms with Gasteiger partial charge in [-0.05, 0) is 110 Å². The minimum absolute atomic E-state index is 0.0252. The highest BCUT2D eigenvalue weighted by molar-refractivity contribution is 6.34. The summed E-state index contributed by atoms with van der Waals surface area (Å²) in [7, 11) is 3.14. The number of carboxylic acid groups (broad SMARTS) is 2. The van der Waals surface area contributed by atoms with Crippen LogP contribution in [-0.4, -0.2) is 190 Å². The van der Waals surface area contributed by atoms with E-state index in [9.17, 15) is 72.2 Å². The van der Waals surface area contributed by atoms with Gasteiger partial charge in [0.2, 0.25) is 28.8 Å². The number of carbonyl (C=O) groups excluding carboxylic acids is 1. The monoisotopic (exact) mass is 1780 g/mol. The van der Waals surface area contributed by atoms with E-state index in [2.05, 4.69) is 61.9 Å². The van der Waals surface area contributed by atoms with Crippen LogP contribution in [0.5, 0.6) is 52.1 Å². The average molecular weight is 1780 g/mol. The SMILES string of the molecule is CC1CCN(c2cc(OC(F)(F)F)ccc2Cl)CC1.CCOC(=O)c1nnn(Cc2ccc(OC)cc2)c1OC1CCN(c2cc(OC(F)(F)F)ccc2Cl)CC1.COc1ccc(Cn2nnc(C(=O)O)c2OC2CCN(c3cc(OC(F)(F)F)ccc3Cl)CC2)cc1.O=C(O)c1[nH]nnc1OC1CCN(c2cc(OC(F)(F)F)ccc2Cl)CC1. The van der Waals surface area contributed by atoms with Crippen LogP contribution in [0.2, 0.25) is 20.1 Å². The van der Waals surface area contributed by atoms with Gasteiger partial charge < -0.3 is 77.2 Å². The topological polar surface area (TPSA) is 300 Å². The predicted octanol–water partition coefficient (Wildman–Crippen LogP) is 17.3. The van der Waals surface area contributed by atoms with Gasteiger partial charge >= 0.3 is 43.4 Å². The molecule has 4 aliphatic heterocycles. The van der Waals surface area contributed by atoms with Gasteiger partial charge in [0.05, 0.1) is 76.8 Å². The highest BCUT2D eigenvalue weighted by Gasteiger charge is 2.38. The number of benzene rings is 6. The summed E-state index contributed by atoms with van der Waals surface area (Å²) in [5.74, 6) is -2.27. The fourth-order valence-electron chi connectivity index (χ4n) is 12.9. The number of hydrogen-bond acceptors (Lipinski definition) is 23. The van der Waals surface area contributed by atoms with Gasteiger partial charge in [0.15, 0.2) is 0 Å². The second-order valence-electron chi connectivity index (χ2n) is 27.0. The van der Waals surface area contributed by atoms with Crippen LogP contribution >= 0.6 is 46.4 Å². The van der Waals surface area contributed by atoms with Crippen molar-refractivity contribution in [1.82, 2.24) is 45.4 Å². The third-order valence-corrected chi connectivity index (χ3v) is 20.0. The van der Waals surface area contributed by atoms with Gasteiger partial charge in [0, 0.05) is 115 Å². The Morgan fingerprint density at radius 1 is 0.433 bits per heavy atom. The summed E-state index contributed by atoms with van der Waals surface area (Å²) in [6, 6.07) is 29.9. The number of carbonyl (C=O) groups is 3. The number of methoxy groups -OCH3 is 2. The first-order valence-electron chi connectivity index (χ1n) is 36.8. The van der Waals surface area contributed by atoms with Gasteiger partial charge in [-0.15, -0.1) is 62.9 Å². The molecule has 3 aromatic heterocycles. The normalized spacial score (nSPS) is 15.2. The molecule has 28 nitrogen and oxygen atoms in total. The molecule has 4 aliphatic rings. The number of carboxylic acids is 2. The van der Waals surface area contributed by atoms with Gasteiger partial charge in [-0.2, -0.15) is 0 Å². The molecule has 120 heavy (non-hydrogen) atoms. The summed E-state index contributed by atoms with van der Waals surface area (Å²) in [6.45, 7) is 8.80. The Kier molecular flexibility index (Phi) is 31.0. The highest BCUT2D eigenvalue weighted by atomic mass is 35.5. The summed E-state index contributed by atoms with van der Waals surface area (Å²) in [5.41, 5.74) is 3.04. The van der Waals surface area contributed by atoms with Crippen LogP contribution in [0.15, 0.2) is 121 Å². The van der Waals surface area contributed by atoms with Crippen molar-refractivity contribution in [1.29, 1.82) is 0 Å². The van der Waals surface area contributed by atoms with Crippen molar-refractivity contribution in [3.05, 3.63) is 170 Å². The minimum atomic E-state index is -4.81. The van der Waals surface area contributed by atoms with Gasteiger partial charge in [-0.1, -0.05) is 98.3 Å². The van der Waals surface area contributed by atoms with E-state index >= 15 is 0 Å². The first-order valence-corrected chi connectivity index (χ1v) is 38.3. The number of esters is 1. The molecule has 6 aromatic carbocycles. The largest absolute Gasteiger partial charge is 0.573 e. The lowest BCUT2D eigenvalue weighted by atomic mass is 9.99. The maximum Gasteiger partial charge on any atom is 0.573 e. The molecule has 9 aromatic rings. The quantitative estimate of drug-likeness (QED) is 0.0374. The molecule has 44 heteroatoms. The number of aromatic carboxylic acids is 2. The zero-order valence-corrected chi connectivity index (χ0v) is 66.9. The fourth-order valence-corrected chi connectivity index (χ4v) is 13.8. The van der Waals surface area contributed by atoms with Crippen molar-refractivity contribution in [2.24, 2.45) is 5.92 Å². The average Bonchev–Trinajstić information content (AvgIpc) is 1.80. The summed E-state index contributed by atoms with van der Waals surface area (Å²) in [4.78, 5) is 42.7. The van der Waals surface area contributed by atoms with Crippen LogP contribution < -0.4 is 62.2 Å². The number of aromatic amines is 1. The maximum absolute atomic E-state index is 12.7. The van der Waals surface area contributed by atoms with Crippen LogP contribution in [-0.2, 0) is 17.8 Å². The van der Waals surface area contributed by atoms with Gasteiger partial charge in [-0.25, -0.2) is 28.8 Å². The summed E-state index contributed by atoms with van der Waals surface area (Å²) in [5, 5.41) is 45.0. The zero-order chi connectivity index (χ0) is 86.8. The van der Waals surface area contributed by atoms with Crippen LogP contribution in [0.1, 0.15) is 108 Å². The lowest BCUT2D eigenvalue weighted by Crippen LogP contribution is -2.39. The van der Waals surface area contributed by atoms with Crippen LogP contribution in [0.3, 0.4) is 0 Å². The molecule has 13 rings (SSSR count). The zero-order valence-electron chi connectivity index (χ0n) is 63.9. The third kappa shape index (κ3) is 26.7. The number of nitrogens with one attached hydrogen (secondary N) is 1. The Labute approximate surface area is 696 Å². The molecule has 648 valence electrons. The maximum atomic E-state index is 12.7. The summed E-state index contributed by atoms with van der Waals surface area (Å²) < 4.78 is 202. The molecule has 4 saturated heterocycles. The second-order valence-corrected chi connectivity index (χ2v) is 28.7. The molecular weight excluding hydrogens is 1700 g/mol. The van der Waals surface area contributed by atoms with E-state index in [1.54, 1.807) is 33.3 Å². The van der Waals surface area contributed by atoms with Crippen LogP contribution in [0.4, 0.5) is 75.4 Å². The summed E-state index contributed by atoms with van der Waals surface area (Å²) in [6.07, 6.45) is -15.1. The number of anilines is 4. The molecule has 0 amide bonds. The Morgan fingerprint density at radius 2 is 0.742 bits per heavy atom. The molecule has 0 aliphatic carbocycles.